The van der Waals surface area contributed by atoms with Gasteiger partial charge in [0, 0.05) is 32.0 Å². The van der Waals surface area contributed by atoms with Gasteiger partial charge < -0.3 is 15.4 Å². The molecule has 0 amide bonds. The molecule has 17 heavy (non-hydrogen) atoms. The topological polar surface area (TPSA) is 38.5 Å². The van der Waals surface area contributed by atoms with Gasteiger partial charge in [-0.2, -0.15) is 0 Å². The van der Waals surface area contributed by atoms with Crippen molar-refractivity contribution < 1.29 is 4.74 Å². The molecule has 0 unspecified atom stereocenters. The fraction of sp³-hybridized carbons (Fsp3) is 0.571. The molecule has 1 saturated heterocycles. The summed E-state index contributed by atoms with van der Waals surface area (Å²) in [4.78, 5) is 2.36. The quantitative estimate of drug-likeness (QED) is 0.811. The summed E-state index contributed by atoms with van der Waals surface area (Å²) in [6.45, 7) is 3.92. The van der Waals surface area contributed by atoms with Gasteiger partial charge >= 0.3 is 0 Å². The highest BCUT2D eigenvalue weighted by molar-refractivity contribution is 5.46. The van der Waals surface area contributed by atoms with Crippen molar-refractivity contribution >= 4 is 5.69 Å². The summed E-state index contributed by atoms with van der Waals surface area (Å²) in [6, 6.07) is 8.11. The zero-order valence-corrected chi connectivity index (χ0v) is 10.6. The van der Waals surface area contributed by atoms with Gasteiger partial charge in [-0.05, 0) is 37.4 Å². The van der Waals surface area contributed by atoms with E-state index in [1.165, 1.54) is 18.4 Å². The fourth-order valence-corrected chi connectivity index (χ4v) is 2.40. The second kappa shape index (κ2) is 6.03. The van der Waals surface area contributed by atoms with Gasteiger partial charge in [0.05, 0.1) is 0 Å². The molecule has 0 atom stereocenters. The molecule has 2 rings (SSSR count). The Labute approximate surface area is 104 Å². The Morgan fingerprint density at radius 1 is 1.29 bits per heavy atom. The molecular weight excluding hydrogens is 212 g/mol. The molecule has 1 aliphatic heterocycles. The normalized spacial score (nSPS) is 17.5. The summed E-state index contributed by atoms with van der Waals surface area (Å²) in [5.74, 6) is 0.777. The Bertz CT molecular complexity index is 348. The van der Waals surface area contributed by atoms with Crippen LogP contribution in [0.15, 0.2) is 24.3 Å². The zero-order valence-electron chi connectivity index (χ0n) is 10.6. The maximum atomic E-state index is 5.96. The van der Waals surface area contributed by atoms with Crippen LogP contribution in [0.1, 0.15) is 18.4 Å². The molecule has 1 heterocycles. The second-order valence-corrected chi connectivity index (χ2v) is 4.95. The van der Waals surface area contributed by atoms with Crippen LogP contribution >= 0.6 is 0 Å². The average Bonchev–Trinajstić information content (AvgIpc) is 2.33. The lowest BCUT2D eigenvalue weighted by molar-refractivity contribution is 0.0550. The van der Waals surface area contributed by atoms with Crippen LogP contribution in [0.4, 0.5) is 5.69 Å². The lowest BCUT2D eigenvalue weighted by Crippen LogP contribution is -2.29. The summed E-state index contributed by atoms with van der Waals surface area (Å²) >= 11 is 0. The Morgan fingerprint density at radius 2 is 2.00 bits per heavy atom. The summed E-state index contributed by atoms with van der Waals surface area (Å²) in [5, 5.41) is 0. The number of nitrogens with two attached hydrogens (primary N) is 1. The van der Waals surface area contributed by atoms with E-state index in [1.807, 2.05) is 18.2 Å². The fourth-order valence-electron chi connectivity index (χ4n) is 2.40. The molecule has 1 aromatic rings. The maximum Gasteiger partial charge on any atom is 0.0469 e. The van der Waals surface area contributed by atoms with Crippen LogP contribution in [0.5, 0.6) is 0 Å². The van der Waals surface area contributed by atoms with Crippen LogP contribution in [-0.2, 0) is 11.3 Å². The Morgan fingerprint density at radius 3 is 2.71 bits per heavy atom. The molecule has 0 aromatic heterocycles. The number of anilines is 1. The number of hydrogen-bond donors (Lipinski definition) is 1. The van der Waals surface area contributed by atoms with Crippen molar-refractivity contribution in [3.05, 3.63) is 29.8 Å². The van der Waals surface area contributed by atoms with Gasteiger partial charge in [0.15, 0.2) is 0 Å². The van der Waals surface area contributed by atoms with Crippen molar-refractivity contribution in [1.29, 1.82) is 0 Å². The molecule has 3 heteroatoms. The van der Waals surface area contributed by atoms with Crippen molar-refractivity contribution in [2.24, 2.45) is 5.92 Å². The summed E-state index contributed by atoms with van der Waals surface area (Å²) in [6.07, 6.45) is 2.38. The summed E-state index contributed by atoms with van der Waals surface area (Å²) in [7, 11) is 2.17. The molecule has 2 N–H and O–H groups in total. The molecule has 3 nitrogen and oxygen atoms in total. The lowest BCUT2D eigenvalue weighted by atomic mass is 9.99. The van der Waals surface area contributed by atoms with Crippen LogP contribution in [0, 0.1) is 5.92 Å². The first-order valence-corrected chi connectivity index (χ1v) is 6.35. The van der Waals surface area contributed by atoms with Gasteiger partial charge in [-0.25, -0.2) is 0 Å². The van der Waals surface area contributed by atoms with Crippen LogP contribution < -0.4 is 5.73 Å². The Hall–Kier alpha value is -1.06. The van der Waals surface area contributed by atoms with Crippen molar-refractivity contribution in [2.75, 3.05) is 32.5 Å². The van der Waals surface area contributed by atoms with Gasteiger partial charge in [0.25, 0.3) is 0 Å². The predicted octanol–water partition coefficient (Wildman–Crippen LogP) is 2.13. The van der Waals surface area contributed by atoms with Gasteiger partial charge in [-0.3, -0.25) is 0 Å². The Balaban J connectivity index is 1.84. The first-order valence-electron chi connectivity index (χ1n) is 6.35. The first-order chi connectivity index (χ1) is 8.25. The van der Waals surface area contributed by atoms with E-state index in [0.717, 1.165) is 37.9 Å². The molecule has 0 spiro atoms. The van der Waals surface area contributed by atoms with Crippen LogP contribution in [0.3, 0.4) is 0 Å². The number of nitrogens with zero attached hydrogens (tertiary/aromatic N) is 1. The average molecular weight is 234 g/mol. The highest BCUT2D eigenvalue weighted by Gasteiger charge is 2.16. The van der Waals surface area contributed by atoms with E-state index in [-0.39, 0.29) is 0 Å². The van der Waals surface area contributed by atoms with Crippen LogP contribution in [0.2, 0.25) is 0 Å². The van der Waals surface area contributed by atoms with E-state index < -0.39 is 0 Å². The van der Waals surface area contributed by atoms with Gasteiger partial charge in [-0.15, -0.1) is 0 Å². The maximum absolute atomic E-state index is 5.96. The third kappa shape index (κ3) is 3.72. The highest BCUT2D eigenvalue weighted by Crippen LogP contribution is 2.18. The Kier molecular flexibility index (Phi) is 4.40. The molecular formula is C14H22N2O. The molecule has 1 aromatic carbocycles. The van der Waals surface area contributed by atoms with Crippen LogP contribution in [0.25, 0.3) is 0 Å². The minimum absolute atomic E-state index is 0.777. The number of ether oxygens (including phenoxy) is 1. The molecule has 94 valence electrons. The van der Waals surface area contributed by atoms with Crippen molar-refractivity contribution in [3.8, 4) is 0 Å². The van der Waals surface area contributed by atoms with E-state index in [9.17, 15) is 0 Å². The monoisotopic (exact) mass is 234 g/mol. The van der Waals surface area contributed by atoms with Crippen LogP contribution in [-0.4, -0.2) is 31.7 Å². The SMILES string of the molecule is CN(Cc1ccccc1N)CC1CCOCC1. The summed E-state index contributed by atoms with van der Waals surface area (Å²) in [5.41, 5.74) is 8.07. The number of hydrogen-bond acceptors (Lipinski definition) is 3. The first kappa shape index (κ1) is 12.4. The number of nitrogen functional groups attached to an aromatic ring is 1. The van der Waals surface area contributed by atoms with E-state index >= 15 is 0 Å². The predicted molar refractivity (Wildman–Crippen MR) is 70.7 cm³/mol. The van der Waals surface area contributed by atoms with Crippen molar-refractivity contribution in [1.82, 2.24) is 4.90 Å². The summed E-state index contributed by atoms with van der Waals surface area (Å²) < 4.78 is 5.38. The highest BCUT2D eigenvalue weighted by atomic mass is 16.5. The van der Waals surface area contributed by atoms with Gasteiger partial charge in [0.2, 0.25) is 0 Å². The number of benzene rings is 1. The van der Waals surface area contributed by atoms with E-state index in [0.29, 0.717) is 0 Å². The second-order valence-electron chi connectivity index (χ2n) is 4.95. The standard InChI is InChI=1S/C14H22N2O/c1-16(10-12-6-8-17-9-7-12)11-13-4-2-3-5-14(13)15/h2-5,12H,6-11,15H2,1H3. The minimum atomic E-state index is 0.777. The molecule has 1 fully saturated rings. The molecule has 0 radical (unpaired) electrons. The molecule has 0 saturated carbocycles. The smallest absolute Gasteiger partial charge is 0.0469 e. The molecule has 0 bridgehead atoms. The van der Waals surface area contributed by atoms with Gasteiger partial charge in [-0.1, -0.05) is 18.2 Å². The van der Waals surface area contributed by atoms with Crippen molar-refractivity contribution in [3.63, 3.8) is 0 Å². The molecule has 0 aliphatic carbocycles. The lowest BCUT2D eigenvalue weighted by Gasteiger charge is -2.27. The van der Waals surface area contributed by atoms with Crippen molar-refractivity contribution in [2.45, 2.75) is 19.4 Å². The van der Waals surface area contributed by atoms with E-state index in [1.54, 1.807) is 0 Å². The third-order valence-electron chi connectivity index (χ3n) is 3.41. The number of para-hydroxylation sites is 1. The number of rotatable bonds is 4. The largest absolute Gasteiger partial charge is 0.398 e. The van der Waals surface area contributed by atoms with E-state index in [2.05, 4.69) is 18.0 Å². The minimum Gasteiger partial charge on any atom is -0.398 e. The van der Waals surface area contributed by atoms with E-state index in [4.69, 9.17) is 10.5 Å². The molecule has 1 aliphatic rings. The zero-order chi connectivity index (χ0) is 12.1. The third-order valence-corrected chi connectivity index (χ3v) is 3.41. The van der Waals surface area contributed by atoms with Gasteiger partial charge in [0.1, 0.15) is 0 Å².